The quantitative estimate of drug-likeness (QED) is 0.516. The molecule has 0 aromatic heterocycles. The second-order valence-corrected chi connectivity index (χ2v) is 7.43. The van der Waals surface area contributed by atoms with Crippen molar-refractivity contribution in [3.8, 4) is 0 Å². The van der Waals surface area contributed by atoms with Crippen LogP contribution >= 0.6 is 0 Å². The average molecular weight is 302 g/mol. The second kappa shape index (κ2) is 8.39. The molecule has 20 heavy (non-hydrogen) atoms. The van der Waals surface area contributed by atoms with Crippen molar-refractivity contribution in [1.29, 1.82) is 0 Å². The van der Waals surface area contributed by atoms with Gasteiger partial charge in [0, 0.05) is 0 Å². The zero-order chi connectivity index (χ0) is 15.8. The van der Waals surface area contributed by atoms with E-state index in [1.54, 1.807) is 12.1 Å². The Balaban J connectivity index is 0.000000370. The van der Waals surface area contributed by atoms with Gasteiger partial charge in [0.1, 0.15) is 0 Å². The number of hydrogen-bond acceptors (Lipinski definition) is 2. The molecule has 0 amide bonds. The molecule has 1 aromatic carbocycles. The molecule has 0 aliphatic heterocycles. The Labute approximate surface area is 123 Å². The van der Waals surface area contributed by atoms with E-state index in [-0.39, 0.29) is 4.90 Å². The number of nitrogens with zero attached hydrogens (tertiary/aromatic N) is 1. The van der Waals surface area contributed by atoms with E-state index in [2.05, 4.69) is 28.1 Å². The maximum atomic E-state index is 10.5. The summed E-state index contributed by atoms with van der Waals surface area (Å²) in [5, 5.41) is 0. The van der Waals surface area contributed by atoms with Crippen LogP contribution in [0, 0.1) is 6.92 Å². The lowest BCUT2D eigenvalue weighted by Crippen LogP contribution is -2.35. The third kappa shape index (κ3) is 9.95. The smallest absolute Gasteiger partial charge is 0.294 e. The highest BCUT2D eigenvalue weighted by Gasteiger charge is 2.06. The molecule has 5 heteroatoms. The monoisotopic (exact) mass is 302 g/mol. The summed E-state index contributed by atoms with van der Waals surface area (Å²) in [5.74, 6) is 0. The van der Waals surface area contributed by atoms with Crippen LogP contribution < -0.4 is 0 Å². The molecular formula is C15H28NO3S+. The molecule has 0 radical (unpaired) electrons. The zero-order valence-electron chi connectivity index (χ0n) is 13.3. The van der Waals surface area contributed by atoms with E-state index in [9.17, 15) is 8.42 Å². The van der Waals surface area contributed by atoms with Gasteiger partial charge in [-0.3, -0.25) is 4.55 Å². The number of quaternary nitrogens is 1. The Morgan fingerprint density at radius 2 is 1.55 bits per heavy atom. The third-order valence-electron chi connectivity index (χ3n) is 2.75. The van der Waals surface area contributed by atoms with Crippen LogP contribution in [-0.2, 0) is 10.1 Å². The zero-order valence-corrected chi connectivity index (χ0v) is 14.1. The van der Waals surface area contributed by atoms with E-state index in [0.717, 1.165) is 10.0 Å². The van der Waals surface area contributed by atoms with Crippen LogP contribution in [0.15, 0.2) is 29.2 Å². The second-order valence-electron chi connectivity index (χ2n) is 6.01. The van der Waals surface area contributed by atoms with Crippen LogP contribution in [0.25, 0.3) is 0 Å². The molecule has 0 saturated carbocycles. The van der Waals surface area contributed by atoms with E-state index in [4.69, 9.17) is 4.55 Å². The molecule has 0 bridgehead atoms. The molecule has 1 rings (SSSR count). The number of aryl methyl sites for hydroxylation is 1. The van der Waals surface area contributed by atoms with Gasteiger partial charge in [-0.25, -0.2) is 0 Å². The van der Waals surface area contributed by atoms with Gasteiger partial charge in [0.15, 0.2) is 0 Å². The number of unbranched alkanes of at least 4 members (excludes halogenated alkanes) is 2. The van der Waals surface area contributed by atoms with Crippen molar-refractivity contribution in [1.82, 2.24) is 0 Å². The topological polar surface area (TPSA) is 54.4 Å². The van der Waals surface area contributed by atoms with Crippen molar-refractivity contribution in [2.24, 2.45) is 0 Å². The first-order valence-electron chi connectivity index (χ1n) is 6.91. The van der Waals surface area contributed by atoms with Crippen molar-refractivity contribution in [3.63, 3.8) is 0 Å². The van der Waals surface area contributed by atoms with Crippen molar-refractivity contribution < 1.29 is 17.5 Å². The lowest BCUT2D eigenvalue weighted by Gasteiger charge is -2.23. The van der Waals surface area contributed by atoms with Gasteiger partial charge < -0.3 is 4.48 Å². The molecule has 1 aromatic rings. The summed E-state index contributed by atoms with van der Waals surface area (Å²) in [5.41, 5.74) is 0.956. The fourth-order valence-electron chi connectivity index (χ4n) is 1.55. The summed E-state index contributed by atoms with van der Waals surface area (Å²) in [7, 11) is 2.72. The number of hydrogen-bond donors (Lipinski definition) is 1. The Kier molecular flexibility index (Phi) is 8.01. The highest BCUT2D eigenvalue weighted by atomic mass is 32.2. The molecule has 0 heterocycles. The van der Waals surface area contributed by atoms with Gasteiger partial charge in [-0.1, -0.05) is 31.0 Å². The van der Waals surface area contributed by atoms with Crippen molar-refractivity contribution in [3.05, 3.63) is 29.8 Å². The van der Waals surface area contributed by atoms with Crippen LogP contribution in [-0.4, -0.2) is 45.1 Å². The minimum atomic E-state index is -4.02. The van der Waals surface area contributed by atoms with E-state index in [0.29, 0.717) is 0 Å². The molecule has 0 fully saturated rings. The van der Waals surface area contributed by atoms with Crippen molar-refractivity contribution in [2.45, 2.75) is 38.0 Å². The summed E-state index contributed by atoms with van der Waals surface area (Å²) in [6.45, 7) is 5.40. The number of benzene rings is 1. The van der Waals surface area contributed by atoms with E-state index < -0.39 is 10.1 Å². The van der Waals surface area contributed by atoms with E-state index >= 15 is 0 Å². The summed E-state index contributed by atoms with van der Waals surface area (Å²) in [6, 6.07) is 5.99. The summed E-state index contributed by atoms with van der Waals surface area (Å²) in [6.07, 6.45) is 4.09. The molecule has 0 saturated heterocycles. The SMILES string of the molecule is CCCCC[N+](C)(C)C.Cc1ccc(S(=O)(=O)O)cc1. The maximum absolute atomic E-state index is 10.5. The van der Waals surface area contributed by atoms with Gasteiger partial charge in [-0.2, -0.15) is 8.42 Å². The summed E-state index contributed by atoms with van der Waals surface area (Å²) < 4.78 is 30.7. The molecule has 116 valence electrons. The minimum Gasteiger partial charge on any atom is -0.331 e. The van der Waals surface area contributed by atoms with Crippen molar-refractivity contribution >= 4 is 10.1 Å². The van der Waals surface area contributed by atoms with Gasteiger partial charge in [0.05, 0.1) is 32.6 Å². The highest BCUT2D eigenvalue weighted by molar-refractivity contribution is 7.85. The Bertz CT molecular complexity index is 473. The lowest BCUT2D eigenvalue weighted by atomic mass is 10.2. The van der Waals surface area contributed by atoms with Crippen LogP contribution in [0.4, 0.5) is 0 Å². The molecule has 1 N–H and O–H groups in total. The molecule has 0 spiro atoms. The summed E-state index contributed by atoms with van der Waals surface area (Å²) in [4.78, 5) is -0.0666. The third-order valence-corrected chi connectivity index (χ3v) is 3.62. The van der Waals surface area contributed by atoms with Gasteiger partial charge in [0.2, 0.25) is 0 Å². The molecule has 0 atom stereocenters. The first-order chi connectivity index (χ1) is 9.06. The lowest BCUT2D eigenvalue weighted by molar-refractivity contribution is -0.870. The molecule has 0 aliphatic carbocycles. The molecule has 0 aliphatic rings. The van der Waals surface area contributed by atoms with Gasteiger partial charge in [0.25, 0.3) is 10.1 Å². The van der Waals surface area contributed by atoms with Crippen LogP contribution in [0.2, 0.25) is 0 Å². The maximum Gasteiger partial charge on any atom is 0.294 e. The molecular weight excluding hydrogens is 274 g/mol. The predicted octanol–water partition coefficient (Wildman–Crippen LogP) is 3.12. The average Bonchev–Trinajstić information content (AvgIpc) is 2.28. The van der Waals surface area contributed by atoms with Crippen LogP contribution in [0.1, 0.15) is 31.7 Å². The Hall–Kier alpha value is -0.910. The van der Waals surface area contributed by atoms with Gasteiger partial charge in [-0.15, -0.1) is 0 Å². The normalized spacial score (nSPS) is 11.7. The summed E-state index contributed by atoms with van der Waals surface area (Å²) >= 11 is 0. The van der Waals surface area contributed by atoms with Gasteiger partial charge in [-0.05, 0) is 31.9 Å². The highest BCUT2D eigenvalue weighted by Crippen LogP contribution is 2.08. The standard InChI is InChI=1S/C8H20N.C7H8O3S/c1-5-6-7-8-9(2,3)4;1-6-2-4-7(5-3-6)11(8,9)10/h5-8H2,1-4H3;2-5H,1H3,(H,8,9,10)/q+1;. The van der Waals surface area contributed by atoms with Crippen LogP contribution in [0.3, 0.4) is 0 Å². The largest absolute Gasteiger partial charge is 0.331 e. The van der Waals surface area contributed by atoms with E-state index in [1.165, 1.54) is 37.9 Å². The van der Waals surface area contributed by atoms with Crippen molar-refractivity contribution in [2.75, 3.05) is 27.7 Å². The van der Waals surface area contributed by atoms with E-state index in [1.807, 2.05) is 6.92 Å². The predicted molar refractivity (Wildman–Crippen MR) is 83.4 cm³/mol. The fourth-order valence-corrected chi connectivity index (χ4v) is 2.03. The first kappa shape index (κ1) is 19.1. The Morgan fingerprint density at radius 1 is 1.05 bits per heavy atom. The molecule has 0 unspecified atom stereocenters. The van der Waals surface area contributed by atoms with Crippen LogP contribution in [0.5, 0.6) is 0 Å². The first-order valence-corrected chi connectivity index (χ1v) is 8.35. The Morgan fingerprint density at radius 3 is 1.90 bits per heavy atom. The molecule has 4 nitrogen and oxygen atoms in total. The van der Waals surface area contributed by atoms with Gasteiger partial charge >= 0.3 is 0 Å². The minimum absolute atomic E-state index is 0.0666. The fraction of sp³-hybridized carbons (Fsp3) is 0.600. The number of rotatable bonds is 5.